The number of thioether (sulfide) groups is 1. The van der Waals surface area contributed by atoms with Crippen molar-refractivity contribution in [2.24, 2.45) is 0 Å². The van der Waals surface area contributed by atoms with Gasteiger partial charge in [-0.3, -0.25) is 14.4 Å². The van der Waals surface area contributed by atoms with Crippen molar-refractivity contribution in [1.29, 1.82) is 0 Å². The lowest BCUT2D eigenvalue weighted by Crippen LogP contribution is -2.59. The minimum Gasteiger partial charge on any atom is -0.456 e. The average Bonchev–Trinajstić information content (AvgIpc) is 2.54. The first-order valence-corrected chi connectivity index (χ1v) is 9.04. The minimum atomic E-state index is -0.967. The van der Waals surface area contributed by atoms with Crippen LogP contribution in [0.1, 0.15) is 27.7 Å². The maximum Gasteiger partial charge on any atom is 0.303 e. The van der Waals surface area contributed by atoms with E-state index in [9.17, 15) is 14.4 Å². The maximum atomic E-state index is 11.6. The Kier molecular flexibility index (Phi) is 7.05. The van der Waals surface area contributed by atoms with Crippen LogP contribution in [0.25, 0.3) is 0 Å². The molecule has 2 rings (SSSR count). The molecule has 0 bridgehead atoms. The summed E-state index contributed by atoms with van der Waals surface area (Å²) in [6.07, 6.45) is -3.34. The van der Waals surface area contributed by atoms with Crippen molar-refractivity contribution in [2.45, 2.75) is 62.4 Å². The fourth-order valence-electron chi connectivity index (χ4n) is 2.70. The van der Waals surface area contributed by atoms with Crippen molar-refractivity contribution in [3.8, 4) is 0 Å². The van der Waals surface area contributed by atoms with Crippen LogP contribution in [0.15, 0.2) is 35.2 Å². The average molecular weight is 382 g/mol. The standard InChI is InChI=1S/C18H22O7S/c1-10-15(23-11(2)19)16(24-12(3)20)17(25-13(4)21)18(22-10)26-14-8-6-5-7-9-14/h5-10,15-18H,1-4H3/t10?,15-,16?,17+,18-/m1/s1. The smallest absolute Gasteiger partial charge is 0.303 e. The molecule has 0 spiro atoms. The number of rotatable bonds is 5. The SMILES string of the molecule is CC(=O)OC1[C@H](OC(C)=O)C(C)O[C@H](Sc2ccccc2)[C@H]1OC(C)=O. The van der Waals surface area contributed by atoms with Crippen LogP contribution in [-0.2, 0) is 33.3 Å². The summed E-state index contributed by atoms with van der Waals surface area (Å²) in [5, 5.41) is 0. The van der Waals surface area contributed by atoms with Gasteiger partial charge < -0.3 is 18.9 Å². The van der Waals surface area contributed by atoms with Crippen molar-refractivity contribution in [1.82, 2.24) is 0 Å². The van der Waals surface area contributed by atoms with Gasteiger partial charge in [0.1, 0.15) is 5.44 Å². The largest absolute Gasteiger partial charge is 0.456 e. The van der Waals surface area contributed by atoms with Crippen molar-refractivity contribution in [3.05, 3.63) is 30.3 Å². The van der Waals surface area contributed by atoms with Gasteiger partial charge in [-0.1, -0.05) is 30.0 Å². The van der Waals surface area contributed by atoms with Crippen LogP contribution in [0.3, 0.4) is 0 Å². The summed E-state index contributed by atoms with van der Waals surface area (Å²) < 4.78 is 22.0. The lowest BCUT2D eigenvalue weighted by molar-refractivity contribution is -0.229. The molecule has 5 atom stereocenters. The summed E-state index contributed by atoms with van der Waals surface area (Å²) >= 11 is 1.34. The number of benzene rings is 1. The fourth-order valence-corrected chi connectivity index (χ4v) is 3.86. The molecule has 1 aliphatic heterocycles. The lowest BCUT2D eigenvalue weighted by Gasteiger charge is -2.43. The number of carbonyl (C=O) groups excluding carboxylic acids is 3. The number of ether oxygens (including phenoxy) is 4. The summed E-state index contributed by atoms with van der Waals surface area (Å²) in [6, 6.07) is 9.42. The van der Waals surface area contributed by atoms with E-state index in [1.165, 1.54) is 32.5 Å². The van der Waals surface area contributed by atoms with E-state index in [2.05, 4.69) is 0 Å². The zero-order chi connectivity index (χ0) is 19.3. The number of carbonyl (C=O) groups is 3. The first-order valence-electron chi connectivity index (χ1n) is 8.16. The Morgan fingerprint density at radius 3 is 1.88 bits per heavy atom. The van der Waals surface area contributed by atoms with E-state index in [1.807, 2.05) is 30.3 Å². The van der Waals surface area contributed by atoms with E-state index in [0.29, 0.717) is 0 Å². The molecule has 0 N–H and O–H groups in total. The highest BCUT2D eigenvalue weighted by molar-refractivity contribution is 7.99. The molecule has 7 nitrogen and oxygen atoms in total. The molecule has 0 amide bonds. The normalized spacial score (nSPS) is 28.1. The third-order valence-corrected chi connectivity index (χ3v) is 4.78. The van der Waals surface area contributed by atoms with Crippen molar-refractivity contribution in [3.63, 3.8) is 0 Å². The fraction of sp³-hybridized carbons (Fsp3) is 0.500. The van der Waals surface area contributed by atoms with E-state index >= 15 is 0 Å². The van der Waals surface area contributed by atoms with Crippen LogP contribution in [0.4, 0.5) is 0 Å². The zero-order valence-electron chi connectivity index (χ0n) is 15.0. The van der Waals surface area contributed by atoms with Gasteiger partial charge in [0.05, 0.1) is 6.10 Å². The van der Waals surface area contributed by atoms with Gasteiger partial charge in [0.2, 0.25) is 0 Å². The van der Waals surface area contributed by atoms with Crippen LogP contribution < -0.4 is 0 Å². The van der Waals surface area contributed by atoms with Crippen LogP contribution in [0.5, 0.6) is 0 Å². The molecule has 0 radical (unpaired) electrons. The Balaban J connectivity index is 2.33. The molecule has 26 heavy (non-hydrogen) atoms. The van der Waals surface area contributed by atoms with Gasteiger partial charge in [-0.05, 0) is 19.1 Å². The van der Waals surface area contributed by atoms with Crippen LogP contribution in [0.2, 0.25) is 0 Å². The highest BCUT2D eigenvalue weighted by atomic mass is 32.2. The Bertz CT molecular complexity index is 648. The molecule has 1 heterocycles. The predicted molar refractivity (Wildman–Crippen MR) is 93.3 cm³/mol. The van der Waals surface area contributed by atoms with E-state index in [4.69, 9.17) is 18.9 Å². The maximum absolute atomic E-state index is 11.6. The van der Waals surface area contributed by atoms with Gasteiger partial charge in [0.25, 0.3) is 0 Å². The van der Waals surface area contributed by atoms with E-state index < -0.39 is 47.8 Å². The molecule has 1 saturated heterocycles. The highest BCUT2D eigenvalue weighted by Gasteiger charge is 2.50. The highest BCUT2D eigenvalue weighted by Crippen LogP contribution is 2.37. The second kappa shape index (κ2) is 9.05. The van der Waals surface area contributed by atoms with Crippen molar-refractivity contribution in [2.75, 3.05) is 0 Å². The van der Waals surface area contributed by atoms with E-state index in [1.54, 1.807) is 6.92 Å². The van der Waals surface area contributed by atoms with Gasteiger partial charge in [-0.15, -0.1) is 0 Å². The predicted octanol–water partition coefficient (Wildman–Crippen LogP) is 2.32. The third-order valence-electron chi connectivity index (χ3n) is 3.63. The molecule has 8 heteroatoms. The van der Waals surface area contributed by atoms with Crippen molar-refractivity contribution >= 4 is 29.7 Å². The third kappa shape index (κ3) is 5.47. The van der Waals surface area contributed by atoms with E-state index in [0.717, 1.165) is 4.90 Å². The topological polar surface area (TPSA) is 88.1 Å². The first kappa shape index (κ1) is 20.3. The molecule has 0 saturated carbocycles. The van der Waals surface area contributed by atoms with Gasteiger partial charge in [-0.2, -0.15) is 0 Å². The molecule has 1 aliphatic rings. The quantitative estimate of drug-likeness (QED) is 0.566. The second-order valence-corrected chi connectivity index (χ2v) is 7.03. The summed E-state index contributed by atoms with van der Waals surface area (Å²) in [4.78, 5) is 35.6. The second-order valence-electron chi connectivity index (χ2n) is 5.86. The number of hydrogen-bond donors (Lipinski definition) is 0. The van der Waals surface area contributed by atoms with Gasteiger partial charge in [0, 0.05) is 25.7 Å². The molecule has 0 aromatic heterocycles. The molecule has 0 aliphatic carbocycles. The Hall–Kier alpha value is -2.06. The van der Waals surface area contributed by atoms with Gasteiger partial charge >= 0.3 is 17.9 Å². The van der Waals surface area contributed by atoms with Crippen molar-refractivity contribution < 1.29 is 33.3 Å². The monoisotopic (exact) mass is 382 g/mol. The zero-order valence-corrected chi connectivity index (χ0v) is 15.9. The Labute approximate surface area is 156 Å². The first-order chi connectivity index (χ1) is 12.3. The van der Waals surface area contributed by atoms with Crippen LogP contribution in [0, 0.1) is 0 Å². The number of hydrogen-bond acceptors (Lipinski definition) is 8. The molecular formula is C18H22O7S. The molecule has 1 fully saturated rings. The molecule has 1 aromatic carbocycles. The lowest BCUT2D eigenvalue weighted by atomic mass is 10.00. The molecule has 1 aromatic rings. The van der Waals surface area contributed by atoms with Gasteiger partial charge in [-0.25, -0.2) is 0 Å². The minimum absolute atomic E-state index is 0.543. The summed E-state index contributed by atoms with van der Waals surface area (Å²) in [6.45, 7) is 5.47. The van der Waals surface area contributed by atoms with Crippen LogP contribution in [-0.4, -0.2) is 47.8 Å². The molecule has 142 valence electrons. The van der Waals surface area contributed by atoms with E-state index in [-0.39, 0.29) is 0 Å². The van der Waals surface area contributed by atoms with Gasteiger partial charge in [0.15, 0.2) is 18.3 Å². The van der Waals surface area contributed by atoms with Crippen LogP contribution >= 0.6 is 11.8 Å². The summed E-state index contributed by atoms with van der Waals surface area (Å²) in [7, 11) is 0. The Morgan fingerprint density at radius 2 is 1.35 bits per heavy atom. The molecular weight excluding hydrogens is 360 g/mol. The Morgan fingerprint density at radius 1 is 0.846 bits per heavy atom. The summed E-state index contributed by atoms with van der Waals surface area (Å²) in [5.41, 5.74) is -0.632. The summed E-state index contributed by atoms with van der Waals surface area (Å²) in [5.74, 6) is -1.66. The number of esters is 3. The molecule has 2 unspecified atom stereocenters.